The summed E-state index contributed by atoms with van der Waals surface area (Å²) in [6.45, 7) is 3.69. The first-order chi connectivity index (χ1) is 9.84. The summed E-state index contributed by atoms with van der Waals surface area (Å²) in [6, 6.07) is 14.4. The molecule has 2 aromatic heterocycles. The second-order valence-electron chi connectivity index (χ2n) is 4.86. The molecule has 3 aromatic rings. The van der Waals surface area contributed by atoms with Gasteiger partial charge in [-0.3, -0.25) is 9.97 Å². The zero-order valence-electron chi connectivity index (χ0n) is 11.5. The molecule has 0 bridgehead atoms. The van der Waals surface area contributed by atoms with Crippen molar-refractivity contribution in [1.29, 1.82) is 0 Å². The number of benzene rings is 1. The van der Waals surface area contributed by atoms with Gasteiger partial charge < -0.3 is 5.32 Å². The highest BCUT2D eigenvalue weighted by atomic mass is 14.9. The molecule has 3 nitrogen and oxygen atoms in total. The zero-order chi connectivity index (χ0) is 13.8. The van der Waals surface area contributed by atoms with Gasteiger partial charge in [-0.1, -0.05) is 24.3 Å². The second-order valence-corrected chi connectivity index (χ2v) is 4.86. The van der Waals surface area contributed by atoms with Crippen molar-refractivity contribution in [2.45, 2.75) is 20.0 Å². The van der Waals surface area contributed by atoms with Gasteiger partial charge in [-0.15, -0.1) is 0 Å². The van der Waals surface area contributed by atoms with Crippen LogP contribution >= 0.6 is 0 Å². The van der Waals surface area contributed by atoms with Gasteiger partial charge in [-0.25, -0.2) is 0 Å². The highest BCUT2D eigenvalue weighted by Gasteiger charge is 2.02. The van der Waals surface area contributed by atoms with E-state index in [0.717, 1.165) is 24.3 Å². The molecule has 100 valence electrons. The fourth-order valence-electron chi connectivity index (χ4n) is 2.33. The number of aromatic nitrogens is 2. The molecule has 0 fully saturated rings. The lowest BCUT2D eigenvalue weighted by Crippen LogP contribution is -2.14. The van der Waals surface area contributed by atoms with Gasteiger partial charge in [0.15, 0.2) is 0 Å². The summed E-state index contributed by atoms with van der Waals surface area (Å²) in [7, 11) is 0. The maximum atomic E-state index is 4.40. The van der Waals surface area contributed by atoms with E-state index in [1.807, 2.05) is 30.6 Å². The van der Waals surface area contributed by atoms with E-state index in [1.165, 1.54) is 16.5 Å². The Morgan fingerprint density at radius 2 is 1.80 bits per heavy atom. The van der Waals surface area contributed by atoms with E-state index in [2.05, 4.69) is 46.5 Å². The summed E-state index contributed by atoms with van der Waals surface area (Å²) in [4.78, 5) is 8.78. The summed E-state index contributed by atoms with van der Waals surface area (Å²) >= 11 is 0. The Kier molecular flexibility index (Phi) is 3.70. The van der Waals surface area contributed by atoms with Crippen molar-refractivity contribution >= 4 is 10.9 Å². The minimum atomic E-state index is 0.781. The summed E-state index contributed by atoms with van der Waals surface area (Å²) in [6.07, 6.45) is 3.71. The van der Waals surface area contributed by atoms with E-state index in [0.29, 0.717) is 0 Å². The summed E-state index contributed by atoms with van der Waals surface area (Å²) in [5, 5.41) is 4.67. The van der Waals surface area contributed by atoms with E-state index in [1.54, 1.807) is 0 Å². The number of para-hydroxylation sites is 1. The van der Waals surface area contributed by atoms with Gasteiger partial charge in [0.25, 0.3) is 0 Å². The predicted molar refractivity (Wildman–Crippen MR) is 81.3 cm³/mol. The molecule has 1 N–H and O–H groups in total. The molecule has 0 aliphatic rings. The maximum Gasteiger partial charge on any atom is 0.0705 e. The van der Waals surface area contributed by atoms with Crippen molar-refractivity contribution in [3.8, 4) is 0 Å². The van der Waals surface area contributed by atoms with Gasteiger partial charge in [-0.05, 0) is 36.2 Å². The third-order valence-electron chi connectivity index (χ3n) is 3.47. The van der Waals surface area contributed by atoms with Crippen molar-refractivity contribution in [1.82, 2.24) is 15.3 Å². The van der Waals surface area contributed by atoms with Crippen molar-refractivity contribution in [2.24, 2.45) is 0 Å². The van der Waals surface area contributed by atoms with Crippen LogP contribution in [0.4, 0.5) is 0 Å². The van der Waals surface area contributed by atoms with Crippen LogP contribution in [0.15, 0.2) is 54.9 Å². The topological polar surface area (TPSA) is 37.8 Å². The molecule has 0 spiro atoms. The average Bonchev–Trinajstić information content (AvgIpc) is 2.49. The van der Waals surface area contributed by atoms with E-state index in [-0.39, 0.29) is 0 Å². The lowest BCUT2D eigenvalue weighted by atomic mass is 10.1. The number of nitrogens with one attached hydrogen (secondary N) is 1. The number of aryl methyl sites for hydroxylation is 1. The highest BCUT2D eigenvalue weighted by molar-refractivity contribution is 5.81. The summed E-state index contributed by atoms with van der Waals surface area (Å²) in [5.41, 5.74) is 4.63. The van der Waals surface area contributed by atoms with Gasteiger partial charge in [0.2, 0.25) is 0 Å². The van der Waals surface area contributed by atoms with Crippen LogP contribution in [0.3, 0.4) is 0 Å². The molecule has 0 unspecified atom stereocenters. The molecular weight excluding hydrogens is 246 g/mol. The molecule has 0 radical (unpaired) electrons. The first-order valence-corrected chi connectivity index (χ1v) is 6.78. The number of pyridine rings is 2. The van der Waals surface area contributed by atoms with Crippen LogP contribution in [0.2, 0.25) is 0 Å². The van der Waals surface area contributed by atoms with E-state index >= 15 is 0 Å². The predicted octanol–water partition coefficient (Wildman–Crippen LogP) is 3.23. The minimum absolute atomic E-state index is 0.781. The van der Waals surface area contributed by atoms with E-state index in [4.69, 9.17) is 0 Å². The Labute approximate surface area is 118 Å². The SMILES string of the molecule is Cc1cccnc1CNCc1ccnc2ccccc12. The van der Waals surface area contributed by atoms with Crippen molar-refractivity contribution in [3.05, 3.63) is 71.7 Å². The molecule has 20 heavy (non-hydrogen) atoms. The number of nitrogens with zero attached hydrogens (tertiary/aromatic N) is 2. The average molecular weight is 263 g/mol. The Hall–Kier alpha value is -2.26. The minimum Gasteiger partial charge on any atom is -0.307 e. The van der Waals surface area contributed by atoms with Crippen LogP contribution in [-0.2, 0) is 13.1 Å². The molecule has 0 aliphatic carbocycles. The normalized spacial score (nSPS) is 10.8. The Morgan fingerprint density at radius 3 is 2.70 bits per heavy atom. The zero-order valence-corrected chi connectivity index (χ0v) is 11.5. The van der Waals surface area contributed by atoms with Gasteiger partial charge >= 0.3 is 0 Å². The number of hydrogen-bond donors (Lipinski definition) is 1. The molecule has 1 aromatic carbocycles. The van der Waals surface area contributed by atoms with Gasteiger partial charge in [-0.2, -0.15) is 0 Å². The Morgan fingerprint density at radius 1 is 0.900 bits per heavy atom. The maximum absolute atomic E-state index is 4.40. The molecule has 2 heterocycles. The van der Waals surface area contributed by atoms with Crippen LogP contribution in [0.1, 0.15) is 16.8 Å². The molecule has 3 rings (SSSR count). The lowest BCUT2D eigenvalue weighted by molar-refractivity contribution is 0.679. The molecule has 0 amide bonds. The first-order valence-electron chi connectivity index (χ1n) is 6.78. The van der Waals surface area contributed by atoms with E-state index in [9.17, 15) is 0 Å². The van der Waals surface area contributed by atoms with Crippen LogP contribution in [0.5, 0.6) is 0 Å². The molecule has 0 atom stereocenters. The van der Waals surface area contributed by atoms with Crippen molar-refractivity contribution in [2.75, 3.05) is 0 Å². The van der Waals surface area contributed by atoms with Crippen LogP contribution in [-0.4, -0.2) is 9.97 Å². The molecule has 0 aliphatic heterocycles. The van der Waals surface area contributed by atoms with Gasteiger partial charge in [0.1, 0.15) is 0 Å². The Balaban J connectivity index is 1.73. The quantitative estimate of drug-likeness (QED) is 0.785. The molecular formula is C17H17N3. The first kappa shape index (κ1) is 12.8. The third-order valence-corrected chi connectivity index (χ3v) is 3.47. The van der Waals surface area contributed by atoms with Gasteiger partial charge in [0.05, 0.1) is 11.2 Å². The third kappa shape index (κ3) is 2.68. The van der Waals surface area contributed by atoms with Crippen LogP contribution in [0, 0.1) is 6.92 Å². The highest BCUT2D eigenvalue weighted by Crippen LogP contribution is 2.16. The molecule has 3 heteroatoms. The standard InChI is InChI=1S/C17H17N3/c1-13-5-4-9-19-17(13)12-18-11-14-8-10-20-16-7-3-2-6-15(14)16/h2-10,18H,11-12H2,1H3. The summed E-state index contributed by atoms with van der Waals surface area (Å²) in [5.74, 6) is 0. The van der Waals surface area contributed by atoms with Crippen LogP contribution < -0.4 is 5.32 Å². The largest absolute Gasteiger partial charge is 0.307 e. The summed E-state index contributed by atoms with van der Waals surface area (Å²) < 4.78 is 0. The van der Waals surface area contributed by atoms with Crippen molar-refractivity contribution in [3.63, 3.8) is 0 Å². The monoisotopic (exact) mass is 263 g/mol. The molecule has 0 saturated carbocycles. The number of hydrogen-bond acceptors (Lipinski definition) is 3. The molecule has 0 saturated heterocycles. The fraction of sp³-hybridized carbons (Fsp3) is 0.176. The lowest BCUT2D eigenvalue weighted by Gasteiger charge is -2.08. The van der Waals surface area contributed by atoms with Crippen molar-refractivity contribution < 1.29 is 0 Å². The van der Waals surface area contributed by atoms with E-state index < -0.39 is 0 Å². The van der Waals surface area contributed by atoms with Gasteiger partial charge in [0, 0.05) is 30.9 Å². The fourth-order valence-corrected chi connectivity index (χ4v) is 2.33. The van der Waals surface area contributed by atoms with Crippen LogP contribution in [0.25, 0.3) is 10.9 Å². The number of rotatable bonds is 4. The number of fused-ring (bicyclic) bond motifs is 1. The smallest absolute Gasteiger partial charge is 0.0705 e. The Bertz CT molecular complexity index is 717. The second kappa shape index (κ2) is 5.80.